The van der Waals surface area contributed by atoms with Crippen LogP contribution in [0.5, 0.6) is 11.5 Å². The summed E-state index contributed by atoms with van der Waals surface area (Å²) in [7, 11) is 0. The first kappa shape index (κ1) is 17.5. The van der Waals surface area contributed by atoms with Crippen LogP contribution in [0.3, 0.4) is 0 Å². The summed E-state index contributed by atoms with van der Waals surface area (Å²) in [5.41, 5.74) is 0.544. The summed E-state index contributed by atoms with van der Waals surface area (Å²) in [5, 5.41) is 2.68. The summed E-state index contributed by atoms with van der Waals surface area (Å²) < 4.78 is 27.0. The minimum atomic E-state index is -0.741. The molecule has 8 nitrogen and oxygen atoms in total. The molecule has 1 aromatic rings. The van der Waals surface area contributed by atoms with Gasteiger partial charge in [0.05, 0.1) is 0 Å². The fraction of sp³-hybridized carbons (Fsp3) is 0.474. The molecule has 8 heteroatoms. The van der Waals surface area contributed by atoms with Gasteiger partial charge in [-0.1, -0.05) is 6.42 Å². The van der Waals surface area contributed by atoms with Gasteiger partial charge in [0.2, 0.25) is 5.76 Å². The number of carbonyl (C=O) groups excluding carboxylic acids is 2. The molecule has 4 rings (SSSR count). The summed E-state index contributed by atoms with van der Waals surface area (Å²) >= 11 is 0. The van der Waals surface area contributed by atoms with Gasteiger partial charge in [-0.05, 0) is 25.0 Å². The number of carbonyl (C=O) groups is 2. The fourth-order valence-corrected chi connectivity index (χ4v) is 3.34. The van der Waals surface area contributed by atoms with E-state index in [1.54, 1.807) is 18.2 Å². The van der Waals surface area contributed by atoms with Crippen LogP contribution in [0.4, 0.5) is 5.69 Å². The van der Waals surface area contributed by atoms with Crippen LogP contribution in [-0.4, -0.2) is 37.5 Å². The van der Waals surface area contributed by atoms with Gasteiger partial charge in [-0.25, -0.2) is 4.79 Å². The topological polar surface area (TPSA) is 92.3 Å². The highest BCUT2D eigenvalue weighted by molar-refractivity contribution is 5.94. The molecule has 2 aliphatic heterocycles. The number of nitrogens with one attached hydrogen (secondary N) is 1. The molecule has 1 saturated carbocycles. The van der Waals surface area contributed by atoms with Crippen molar-refractivity contribution in [1.82, 2.24) is 0 Å². The number of hydrogen-bond donors (Lipinski definition) is 1. The summed E-state index contributed by atoms with van der Waals surface area (Å²) in [6.45, 7) is 0.215. The zero-order valence-electron chi connectivity index (χ0n) is 14.8. The van der Waals surface area contributed by atoms with E-state index in [9.17, 15) is 9.59 Å². The molecular formula is C19H21NO7. The van der Waals surface area contributed by atoms with Gasteiger partial charge in [-0.2, -0.15) is 0 Å². The van der Waals surface area contributed by atoms with Crippen LogP contribution < -0.4 is 14.8 Å². The van der Waals surface area contributed by atoms with Gasteiger partial charge in [-0.15, -0.1) is 0 Å². The van der Waals surface area contributed by atoms with Crippen molar-refractivity contribution >= 4 is 17.6 Å². The Morgan fingerprint density at radius 1 is 1.07 bits per heavy atom. The van der Waals surface area contributed by atoms with Crippen molar-refractivity contribution in [2.75, 3.05) is 25.1 Å². The Hall–Kier alpha value is -2.90. The standard InChI is InChI=1S/C19H21NO7/c21-17(12-25-18(22)16-11-23-8-9-24-16)20-13-4-5-14-15(10-13)27-19(26-14)6-2-1-3-7-19/h4-5,10-11H,1-3,6-9,12H2,(H,20,21). The van der Waals surface area contributed by atoms with Crippen molar-refractivity contribution in [1.29, 1.82) is 0 Å². The van der Waals surface area contributed by atoms with Crippen LogP contribution in [0.2, 0.25) is 0 Å². The Morgan fingerprint density at radius 3 is 2.67 bits per heavy atom. The molecule has 1 amide bonds. The van der Waals surface area contributed by atoms with Crippen LogP contribution >= 0.6 is 0 Å². The molecule has 0 aromatic heterocycles. The number of fused-ring (bicyclic) bond motifs is 1. The average Bonchev–Trinajstić information content (AvgIpc) is 3.03. The molecule has 0 bridgehead atoms. The highest BCUT2D eigenvalue weighted by Crippen LogP contribution is 2.46. The van der Waals surface area contributed by atoms with Crippen LogP contribution in [0, 0.1) is 0 Å². The van der Waals surface area contributed by atoms with Gasteiger partial charge in [0.25, 0.3) is 11.7 Å². The predicted molar refractivity (Wildman–Crippen MR) is 93.1 cm³/mol. The minimum absolute atomic E-state index is 0.0464. The Labute approximate surface area is 156 Å². The van der Waals surface area contributed by atoms with Crippen molar-refractivity contribution in [3.05, 3.63) is 30.2 Å². The Bertz CT molecular complexity index is 767. The SMILES string of the molecule is O=C(COC(=O)C1=COCCO1)Nc1ccc2c(c1)OC1(CCCCC1)O2. The molecule has 1 fully saturated rings. The van der Waals surface area contributed by atoms with Crippen LogP contribution in [0.25, 0.3) is 0 Å². The van der Waals surface area contributed by atoms with Gasteiger partial charge in [-0.3, -0.25) is 4.79 Å². The predicted octanol–water partition coefficient (Wildman–Crippen LogP) is 2.49. The molecule has 144 valence electrons. The molecule has 3 aliphatic rings. The number of amides is 1. The maximum Gasteiger partial charge on any atom is 0.377 e. The van der Waals surface area contributed by atoms with E-state index in [0.717, 1.165) is 25.7 Å². The van der Waals surface area contributed by atoms with Crippen molar-refractivity contribution in [3.8, 4) is 11.5 Å². The number of ether oxygens (including phenoxy) is 5. The third-order valence-corrected chi connectivity index (χ3v) is 4.62. The number of hydrogen-bond acceptors (Lipinski definition) is 7. The summed E-state index contributed by atoms with van der Waals surface area (Å²) in [5.74, 6) is -0.516. The van der Waals surface area contributed by atoms with E-state index in [1.165, 1.54) is 12.7 Å². The van der Waals surface area contributed by atoms with Gasteiger partial charge in [0.15, 0.2) is 18.1 Å². The minimum Gasteiger partial charge on any atom is -0.493 e. The molecular weight excluding hydrogens is 354 g/mol. The van der Waals surface area contributed by atoms with Crippen LogP contribution in [0.1, 0.15) is 32.1 Å². The first-order valence-electron chi connectivity index (χ1n) is 9.07. The quantitative estimate of drug-likeness (QED) is 0.808. The van der Waals surface area contributed by atoms with Crippen molar-refractivity contribution in [2.45, 2.75) is 37.9 Å². The average molecular weight is 375 g/mol. The van der Waals surface area contributed by atoms with Gasteiger partial charge < -0.3 is 29.0 Å². The van der Waals surface area contributed by atoms with Gasteiger partial charge in [0.1, 0.15) is 19.5 Å². The van der Waals surface area contributed by atoms with E-state index in [4.69, 9.17) is 23.7 Å². The number of anilines is 1. The van der Waals surface area contributed by atoms with E-state index in [2.05, 4.69) is 5.32 Å². The fourth-order valence-electron chi connectivity index (χ4n) is 3.34. The van der Waals surface area contributed by atoms with Gasteiger partial charge in [0, 0.05) is 24.6 Å². The lowest BCUT2D eigenvalue weighted by Crippen LogP contribution is -2.40. The Kier molecular flexibility index (Phi) is 4.79. The maximum atomic E-state index is 12.0. The summed E-state index contributed by atoms with van der Waals surface area (Å²) in [6, 6.07) is 5.22. The van der Waals surface area contributed by atoms with E-state index in [0.29, 0.717) is 23.8 Å². The zero-order valence-corrected chi connectivity index (χ0v) is 14.8. The molecule has 1 aromatic carbocycles. The smallest absolute Gasteiger partial charge is 0.377 e. The highest BCUT2D eigenvalue weighted by Gasteiger charge is 2.42. The van der Waals surface area contributed by atoms with Crippen molar-refractivity contribution in [2.24, 2.45) is 0 Å². The van der Waals surface area contributed by atoms with E-state index in [1.807, 2.05) is 0 Å². The molecule has 1 spiro atoms. The number of rotatable bonds is 4. The second kappa shape index (κ2) is 7.38. The van der Waals surface area contributed by atoms with E-state index >= 15 is 0 Å². The Balaban J connectivity index is 1.31. The zero-order chi connectivity index (χ0) is 18.7. The molecule has 0 radical (unpaired) electrons. The van der Waals surface area contributed by atoms with E-state index in [-0.39, 0.29) is 12.4 Å². The lowest BCUT2D eigenvalue weighted by molar-refractivity contribution is -0.148. The molecule has 0 saturated heterocycles. The lowest BCUT2D eigenvalue weighted by Gasteiger charge is -2.31. The third kappa shape index (κ3) is 3.94. The van der Waals surface area contributed by atoms with Crippen LogP contribution in [0.15, 0.2) is 30.2 Å². The maximum absolute atomic E-state index is 12.0. The molecule has 2 heterocycles. The molecule has 1 aliphatic carbocycles. The first-order valence-corrected chi connectivity index (χ1v) is 9.07. The number of esters is 1. The third-order valence-electron chi connectivity index (χ3n) is 4.62. The molecule has 27 heavy (non-hydrogen) atoms. The monoisotopic (exact) mass is 375 g/mol. The summed E-state index contributed by atoms with van der Waals surface area (Å²) in [4.78, 5) is 23.8. The number of benzene rings is 1. The highest BCUT2D eigenvalue weighted by atomic mass is 16.7. The van der Waals surface area contributed by atoms with Crippen molar-refractivity contribution in [3.63, 3.8) is 0 Å². The largest absolute Gasteiger partial charge is 0.493 e. The summed E-state index contributed by atoms with van der Waals surface area (Å²) in [6.07, 6.45) is 6.26. The Morgan fingerprint density at radius 2 is 1.89 bits per heavy atom. The molecule has 1 N–H and O–H groups in total. The van der Waals surface area contributed by atoms with Crippen molar-refractivity contribution < 1.29 is 33.3 Å². The van der Waals surface area contributed by atoms with Gasteiger partial charge >= 0.3 is 5.97 Å². The second-order valence-corrected chi connectivity index (χ2v) is 6.66. The second-order valence-electron chi connectivity index (χ2n) is 6.66. The molecule has 0 atom stereocenters. The molecule has 0 unspecified atom stereocenters. The normalized spacial score (nSPS) is 19.5. The lowest BCUT2D eigenvalue weighted by atomic mass is 9.94. The van der Waals surface area contributed by atoms with E-state index < -0.39 is 24.3 Å². The van der Waals surface area contributed by atoms with Crippen LogP contribution in [-0.2, 0) is 23.8 Å². The first-order chi connectivity index (χ1) is 13.1.